The molecule has 1 aliphatic rings. The molecule has 1 heterocycles. The van der Waals surface area contributed by atoms with E-state index in [1.165, 1.54) is 12.1 Å². The molecule has 0 amide bonds. The van der Waals surface area contributed by atoms with Crippen molar-refractivity contribution in [3.63, 3.8) is 0 Å². The summed E-state index contributed by atoms with van der Waals surface area (Å²) in [6.45, 7) is 0.949. The number of hydrogen-bond donors (Lipinski definition) is 0. The molecule has 13 heavy (non-hydrogen) atoms. The average molecular weight is 204 g/mol. The Hall–Kier alpha value is -0.570. The van der Waals surface area contributed by atoms with E-state index in [0.29, 0.717) is 18.5 Å². The lowest BCUT2D eigenvalue weighted by Crippen LogP contribution is -2.06. The normalized spacial score (nSPS) is 18.0. The Labute approximate surface area is 75.4 Å². The van der Waals surface area contributed by atoms with E-state index in [0.717, 1.165) is 6.07 Å². The van der Waals surface area contributed by atoms with Gasteiger partial charge < -0.3 is 9.05 Å². The Morgan fingerprint density at radius 1 is 1.15 bits per heavy atom. The molecule has 0 saturated carbocycles. The van der Waals surface area contributed by atoms with E-state index in [1.807, 2.05) is 0 Å². The molecular formula is C8H7F2O2P. The lowest BCUT2D eigenvalue weighted by Gasteiger charge is -2.08. The highest BCUT2D eigenvalue weighted by Crippen LogP contribution is 2.41. The van der Waals surface area contributed by atoms with Crippen molar-refractivity contribution in [2.45, 2.75) is 0 Å². The predicted molar refractivity (Wildman–Crippen MR) is 44.8 cm³/mol. The summed E-state index contributed by atoms with van der Waals surface area (Å²) in [5, 5.41) is 0.314. The summed E-state index contributed by atoms with van der Waals surface area (Å²) >= 11 is 0. The molecule has 5 heteroatoms. The van der Waals surface area contributed by atoms with Gasteiger partial charge in [0.05, 0.1) is 18.5 Å². The van der Waals surface area contributed by atoms with Gasteiger partial charge in [-0.15, -0.1) is 0 Å². The van der Waals surface area contributed by atoms with Crippen LogP contribution < -0.4 is 5.30 Å². The lowest BCUT2D eigenvalue weighted by atomic mass is 10.3. The summed E-state index contributed by atoms with van der Waals surface area (Å²) in [4.78, 5) is 0. The van der Waals surface area contributed by atoms with Gasteiger partial charge in [0.25, 0.3) is 0 Å². The standard InChI is InChI=1S/C8H7F2O2P/c9-6-1-2-8(7(10)5-6)13-11-3-4-12-13/h1-2,5H,3-4H2. The van der Waals surface area contributed by atoms with Crippen LogP contribution in [0.3, 0.4) is 0 Å². The highest BCUT2D eigenvalue weighted by atomic mass is 31.2. The zero-order valence-electron chi connectivity index (χ0n) is 6.67. The summed E-state index contributed by atoms with van der Waals surface area (Å²) in [5.74, 6) is -1.19. The van der Waals surface area contributed by atoms with Gasteiger partial charge in [0.15, 0.2) is 0 Å². The Morgan fingerprint density at radius 2 is 1.85 bits per heavy atom. The number of benzene rings is 1. The van der Waals surface area contributed by atoms with Gasteiger partial charge >= 0.3 is 0 Å². The second-order valence-corrected chi connectivity index (χ2v) is 4.03. The molecule has 0 N–H and O–H groups in total. The van der Waals surface area contributed by atoms with Crippen molar-refractivity contribution in [1.82, 2.24) is 0 Å². The SMILES string of the molecule is Fc1ccc(P2OCCO2)c(F)c1. The molecule has 1 aliphatic heterocycles. The van der Waals surface area contributed by atoms with Crippen LogP contribution >= 0.6 is 8.38 Å². The minimum atomic E-state index is -1.32. The van der Waals surface area contributed by atoms with Crippen molar-refractivity contribution in [3.05, 3.63) is 29.8 Å². The van der Waals surface area contributed by atoms with Crippen molar-refractivity contribution < 1.29 is 17.8 Å². The maximum absolute atomic E-state index is 13.1. The van der Waals surface area contributed by atoms with E-state index in [2.05, 4.69) is 0 Å². The second kappa shape index (κ2) is 3.66. The van der Waals surface area contributed by atoms with E-state index in [-0.39, 0.29) is 0 Å². The maximum Gasteiger partial charge on any atom is 0.208 e. The van der Waals surface area contributed by atoms with Crippen LogP contribution in [0.15, 0.2) is 18.2 Å². The van der Waals surface area contributed by atoms with Crippen LogP contribution in [0.1, 0.15) is 0 Å². The average Bonchev–Trinajstić information content (AvgIpc) is 2.56. The van der Waals surface area contributed by atoms with Crippen molar-refractivity contribution in [2.75, 3.05) is 13.2 Å². The molecule has 70 valence electrons. The minimum absolute atomic E-state index is 0.314. The van der Waals surface area contributed by atoms with Gasteiger partial charge in [0.2, 0.25) is 8.38 Å². The molecule has 1 aromatic carbocycles. The smallest absolute Gasteiger partial charge is 0.208 e. The van der Waals surface area contributed by atoms with Gasteiger partial charge in [-0.2, -0.15) is 0 Å². The third-order valence-corrected chi connectivity index (χ3v) is 3.20. The fourth-order valence-electron chi connectivity index (χ4n) is 1.05. The summed E-state index contributed by atoms with van der Waals surface area (Å²) in [5.41, 5.74) is 0. The topological polar surface area (TPSA) is 18.5 Å². The Balaban J connectivity index is 2.29. The van der Waals surface area contributed by atoms with Gasteiger partial charge in [0, 0.05) is 6.07 Å². The molecule has 0 unspecified atom stereocenters. The molecule has 0 radical (unpaired) electrons. The highest BCUT2D eigenvalue weighted by Gasteiger charge is 2.23. The van der Waals surface area contributed by atoms with E-state index < -0.39 is 20.0 Å². The zero-order valence-corrected chi connectivity index (χ0v) is 7.56. The first-order valence-corrected chi connectivity index (χ1v) is 4.96. The monoisotopic (exact) mass is 204 g/mol. The summed E-state index contributed by atoms with van der Waals surface area (Å²) in [7, 11) is -1.32. The third kappa shape index (κ3) is 1.85. The number of rotatable bonds is 1. The predicted octanol–water partition coefficient (Wildman–Crippen LogP) is 1.95. The molecule has 2 rings (SSSR count). The van der Waals surface area contributed by atoms with Gasteiger partial charge in [-0.1, -0.05) is 0 Å². The van der Waals surface area contributed by atoms with Crippen molar-refractivity contribution >= 4 is 13.7 Å². The molecule has 0 bridgehead atoms. The first-order chi connectivity index (χ1) is 6.27. The molecule has 1 saturated heterocycles. The lowest BCUT2D eigenvalue weighted by molar-refractivity contribution is 0.365. The van der Waals surface area contributed by atoms with Crippen LogP contribution in [0.5, 0.6) is 0 Å². The van der Waals surface area contributed by atoms with Crippen LogP contribution in [-0.4, -0.2) is 13.2 Å². The number of hydrogen-bond acceptors (Lipinski definition) is 2. The largest absolute Gasteiger partial charge is 0.328 e. The van der Waals surface area contributed by atoms with E-state index in [9.17, 15) is 8.78 Å². The molecule has 1 aromatic rings. The summed E-state index contributed by atoms with van der Waals surface area (Å²) in [6, 6.07) is 3.40. The van der Waals surface area contributed by atoms with Gasteiger partial charge in [-0.25, -0.2) is 8.78 Å². The fraction of sp³-hybridized carbons (Fsp3) is 0.250. The van der Waals surface area contributed by atoms with Gasteiger partial charge in [-0.3, -0.25) is 0 Å². The zero-order chi connectivity index (χ0) is 9.26. The van der Waals surface area contributed by atoms with E-state index >= 15 is 0 Å². The quantitative estimate of drug-likeness (QED) is 0.651. The molecule has 0 spiro atoms. The highest BCUT2D eigenvalue weighted by molar-refractivity contribution is 7.56. The van der Waals surface area contributed by atoms with Crippen LogP contribution in [0.4, 0.5) is 8.78 Å². The molecule has 0 atom stereocenters. The Bertz CT molecular complexity index is 313. The third-order valence-electron chi connectivity index (χ3n) is 1.61. The Morgan fingerprint density at radius 3 is 2.46 bits per heavy atom. The fourth-order valence-corrected chi connectivity index (χ4v) is 2.31. The molecule has 1 fully saturated rings. The number of halogens is 2. The van der Waals surface area contributed by atoms with Crippen LogP contribution in [0.2, 0.25) is 0 Å². The minimum Gasteiger partial charge on any atom is -0.328 e. The molecular weight excluding hydrogens is 197 g/mol. The van der Waals surface area contributed by atoms with Crippen LogP contribution in [0, 0.1) is 11.6 Å². The maximum atomic E-state index is 13.1. The first kappa shape index (κ1) is 9.00. The molecule has 0 aromatic heterocycles. The van der Waals surface area contributed by atoms with Crippen LogP contribution in [0.25, 0.3) is 0 Å². The van der Waals surface area contributed by atoms with Crippen LogP contribution in [-0.2, 0) is 9.05 Å². The molecule has 0 aliphatic carbocycles. The molecule has 2 nitrogen and oxygen atoms in total. The Kier molecular flexibility index (Phi) is 2.54. The van der Waals surface area contributed by atoms with E-state index in [1.54, 1.807) is 0 Å². The van der Waals surface area contributed by atoms with E-state index in [4.69, 9.17) is 9.05 Å². The van der Waals surface area contributed by atoms with Crippen molar-refractivity contribution in [3.8, 4) is 0 Å². The second-order valence-electron chi connectivity index (χ2n) is 2.52. The van der Waals surface area contributed by atoms with Crippen molar-refractivity contribution in [2.24, 2.45) is 0 Å². The van der Waals surface area contributed by atoms with Gasteiger partial charge in [0.1, 0.15) is 11.6 Å². The summed E-state index contributed by atoms with van der Waals surface area (Å²) in [6.07, 6.45) is 0. The van der Waals surface area contributed by atoms with Gasteiger partial charge in [-0.05, 0) is 12.1 Å². The first-order valence-electron chi connectivity index (χ1n) is 3.78. The van der Waals surface area contributed by atoms with Crippen molar-refractivity contribution in [1.29, 1.82) is 0 Å². The summed E-state index contributed by atoms with van der Waals surface area (Å²) < 4.78 is 35.9.